The van der Waals surface area contributed by atoms with E-state index in [4.69, 9.17) is 22.1 Å². The first-order valence-corrected chi connectivity index (χ1v) is 5.94. The van der Waals surface area contributed by atoms with Crippen LogP contribution in [0.3, 0.4) is 0 Å². The molecule has 0 saturated carbocycles. The summed E-state index contributed by atoms with van der Waals surface area (Å²) < 4.78 is 5.53. The number of hydrogen-bond acceptors (Lipinski definition) is 3. The van der Waals surface area contributed by atoms with Gasteiger partial charge in [0, 0.05) is 31.2 Å². The van der Waals surface area contributed by atoms with Gasteiger partial charge in [0.05, 0.1) is 12.7 Å². The Bertz CT molecular complexity index is 346. The number of nitrogens with two attached hydrogens (primary N) is 1. The molecule has 0 radical (unpaired) electrons. The van der Waals surface area contributed by atoms with Crippen LogP contribution in [0.2, 0.25) is 5.02 Å². The van der Waals surface area contributed by atoms with Gasteiger partial charge >= 0.3 is 0 Å². The Morgan fingerprint density at radius 1 is 1.50 bits per heavy atom. The van der Waals surface area contributed by atoms with Gasteiger partial charge in [-0.15, -0.1) is 0 Å². The molecule has 2 rings (SSSR count). The normalized spacial score (nSPS) is 22.2. The van der Waals surface area contributed by atoms with Gasteiger partial charge in [0.15, 0.2) is 0 Å². The average Bonchev–Trinajstić information content (AvgIpc) is 2.29. The number of nitrogens with zero attached hydrogens (tertiary/aromatic N) is 1. The van der Waals surface area contributed by atoms with Crippen LogP contribution in [0.5, 0.6) is 0 Å². The quantitative estimate of drug-likeness (QED) is 0.870. The van der Waals surface area contributed by atoms with Crippen LogP contribution >= 0.6 is 11.6 Å². The van der Waals surface area contributed by atoms with Crippen molar-refractivity contribution < 1.29 is 4.74 Å². The molecule has 0 unspecified atom stereocenters. The van der Waals surface area contributed by atoms with Gasteiger partial charge in [-0.1, -0.05) is 23.7 Å². The Kier molecular flexibility index (Phi) is 4.18. The molecule has 1 saturated heterocycles. The Morgan fingerprint density at radius 3 is 3.12 bits per heavy atom. The second kappa shape index (κ2) is 5.64. The summed E-state index contributed by atoms with van der Waals surface area (Å²) in [6, 6.07) is 7.98. The Balaban J connectivity index is 1.94. The van der Waals surface area contributed by atoms with Gasteiger partial charge in [-0.2, -0.15) is 0 Å². The summed E-state index contributed by atoms with van der Waals surface area (Å²) >= 11 is 5.96. The van der Waals surface area contributed by atoms with Crippen molar-refractivity contribution in [1.29, 1.82) is 0 Å². The van der Waals surface area contributed by atoms with E-state index in [9.17, 15) is 0 Å². The molecule has 3 nitrogen and oxygen atoms in total. The van der Waals surface area contributed by atoms with E-state index in [1.165, 1.54) is 5.56 Å². The molecule has 0 amide bonds. The number of halogens is 1. The lowest BCUT2D eigenvalue weighted by atomic mass is 10.2. The SMILES string of the molecule is NC[C@@H]1CN(Cc2cccc(Cl)c2)CCO1. The molecule has 1 aliphatic heterocycles. The summed E-state index contributed by atoms with van der Waals surface area (Å²) in [5.74, 6) is 0. The Morgan fingerprint density at radius 2 is 2.38 bits per heavy atom. The topological polar surface area (TPSA) is 38.5 Å². The Hall–Kier alpha value is -0.610. The second-order valence-corrected chi connectivity index (χ2v) is 4.53. The fourth-order valence-electron chi connectivity index (χ4n) is 1.96. The van der Waals surface area contributed by atoms with Crippen LogP contribution in [0.15, 0.2) is 24.3 Å². The third-order valence-corrected chi connectivity index (χ3v) is 3.02. The van der Waals surface area contributed by atoms with Crippen LogP contribution in [0, 0.1) is 0 Å². The zero-order valence-corrected chi connectivity index (χ0v) is 9.99. The van der Waals surface area contributed by atoms with Crippen molar-refractivity contribution in [2.45, 2.75) is 12.6 Å². The van der Waals surface area contributed by atoms with Gasteiger partial charge in [-0.3, -0.25) is 4.90 Å². The third-order valence-electron chi connectivity index (χ3n) is 2.78. The summed E-state index contributed by atoms with van der Waals surface area (Å²) in [5.41, 5.74) is 6.85. The number of hydrogen-bond donors (Lipinski definition) is 1. The molecular formula is C12H17ClN2O. The molecular weight excluding hydrogens is 224 g/mol. The van der Waals surface area contributed by atoms with E-state index < -0.39 is 0 Å². The zero-order valence-electron chi connectivity index (χ0n) is 9.23. The summed E-state index contributed by atoms with van der Waals surface area (Å²) in [4.78, 5) is 2.35. The lowest BCUT2D eigenvalue weighted by Gasteiger charge is -2.32. The zero-order chi connectivity index (χ0) is 11.4. The lowest BCUT2D eigenvalue weighted by molar-refractivity contribution is -0.0260. The molecule has 1 fully saturated rings. The molecule has 2 N–H and O–H groups in total. The molecule has 1 aliphatic rings. The lowest BCUT2D eigenvalue weighted by Crippen LogP contribution is -2.45. The average molecular weight is 241 g/mol. The van der Waals surface area contributed by atoms with Gasteiger partial charge in [0.1, 0.15) is 0 Å². The minimum atomic E-state index is 0.174. The standard InChI is InChI=1S/C12H17ClN2O/c13-11-3-1-2-10(6-11)8-15-4-5-16-12(7-14)9-15/h1-3,6,12H,4-5,7-9,14H2/t12-/m1/s1. The molecule has 4 heteroatoms. The highest BCUT2D eigenvalue weighted by molar-refractivity contribution is 6.30. The summed E-state index contributed by atoms with van der Waals surface area (Å²) in [6.07, 6.45) is 0.174. The van der Waals surface area contributed by atoms with E-state index in [0.717, 1.165) is 31.3 Å². The van der Waals surface area contributed by atoms with E-state index in [-0.39, 0.29) is 6.10 Å². The van der Waals surface area contributed by atoms with Crippen LogP contribution < -0.4 is 5.73 Å². The van der Waals surface area contributed by atoms with Gasteiger partial charge in [-0.25, -0.2) is 0 Å². The predicted octanol–water partition coefficient (Wildman–Crippen LogP) is 1.50. The van der Waals surface area contributed by atoms with E-state index in [1.54, 1.807) is 0 Å². The summed E-state index contributed by atoms with van der Waals surface area (Å²) in [6.45, 7) is 4.14. The fraction of sp³-hybridized carbons (Fsp3) is 0.500. The van der Waals surface area contributed by atoms with Crippen molar-refractivity contribution in [2.24, 2.45) is 5.73 Å². The monoisotopic (exact) mass is 240 g/mol. The molecule has 88 valence electrons. The maximum Gasteiger partial charge on any atom is 0.0824 e. The number of morpholine rings is 1. The maximum absolute atomic E-state index is 5.96. The molecule has 0 aromatic heterocycles. The third kappa shape index (κ3) is 3.19. The highest BCUT2D eigenvalue weighted by Crippen LogP contribution is 2.14. The van der Waals surface area contributed by atoms with Crippen LogP contribution in [0.25, 0.3) is 0 Å². The molecule has 0 bridgehead atoms. The largest absolute Gasteiger partial charge is 0.374 e. The van der Waals surface area contributed by atoms with Gasteiger partial charge < -0.3 is 10.5 Å². The van der Waals surface area contributed by atoms with Gasteiger partial charge in [0.25, 0.3) is 0 Å². The van der Waals surface area contributed by atoms with Gasteiger partial charge in [0.2, 0.25) is 0 Å². The molecule has 0 aliphatic carbocycles. The van der Waals surface area contributed by atoms with E-state index >= 15 is 0 Å². The minimum Gasteiger partial charge on any atom is -0.374 e. The van der Waals surface area contributed by atoms with E-state index in [1.807, 2.05) is 18.2 Å². The maximum atomic E-state index is 5.96. The smallest absolute Gasteiger partial charge is 0.0824 e. The second-order valence-electron chi connectivity index (χ2n) is 4.09. The molecule has 16 heavy (non-hydrogen) atoms. The Labute approximate surface area is 101 Å². The number of rotatable bonds is 3. The van der Waals surface area contributed by atoms with E-state index in [2.05, 4.69) is 11.0 Å². The molecule has 1 heterocycles. The first-order valence-electron chi connectivity index (χ1n) is 5.56. The molecule has 1 atom stereocenters. The highest BCUT2D eigenvalue weighted by Gasteiger charge is 2.18. The van der Waals surface area contributed by atoms with Crippen LogP contribution in [0.4, 0.5) is 0 Å². The van der Waals surface area contributed by atoms with Crippen molar-refractivity contribution >= 4 is 11.6 Å². The minimum absolute atomic E-state index is 0.174. The first kappa shape index (κ1) is 11.9. The van der Waals surface area contributed by atoms with E-state index in [0.29, 0.717) is 6.54 Å². The number of benzene rings is 1. The predicted molar refractivity (Wildman–Crippen MR) is 65.5 cm³/mol. The molecule has 1 aromatic carbocycles. The van der Waals surface area contributed by atoms with Crippen molar-refractivity contribution in [2.75, 3.05) is 26.2 Å². The van der Waals surface area contributed by atoms with Crippen molar-refractivity contribution in [3.63, 3.8) is 0 Å². The van der Waals surface area contributed by atoms with Gasteiger partial charge in [-0.05, 0) is 17.7 Å². The van der Waals surface area contributed by atoms with Crippen molar-refractivity contribution in [3.8, 4) is 0 Å². The number of ether oxygens (including phenoxy) is 1. The van der Waals surface area contributed by atoms with Crippen LogP contribution in [-0.2, 0) is 11.3 Å². The highest BCUT2D eigenvalue weighted by atomic mass is 35.5. The molecule has 0 spiro atoms. The summed E-state index contributed by atoms with van der Waals surface area (Å²) in [5, 5.41) is 0.793. The first-order chi connectivity index (χ1) is 7.78. The summed E-state index contributed by atoms with van der Waals surface area (Å²) in [7, 11) is 0. The molecule has 1 aromatic rings. The fourth-order valence-corrected chi connectivity index (χ4v) is 2.17. The van der Waals surface area contributed by atoms with Crippen LogP contribution in [-0.4, -0.2) is 37.2 Å². The van der Waals surface area contributed by atoms with Crippen LogP contribution in [0.1, 0.15) is 5.56 Å². The van der Waals surface area contributed by atoms with Crippen molar-refractivity contribution in [1.82, 2.24) is 4.90 Å². The van der Waals surface area contributed by atoms with Crippen molar-refractivity contribution in [3.05, 3.63) is 34.9 Å².